The van der Waals surface area contributed by atoms with Crippen LogP contribution in [0.3, 0.4) is 0 Å². The molecule has 1 saturated heterocycles. The van der Waals surface area contributed by atoms with Gasteiger partial charge < -0.3 is 10.6 Å². The van der Waals surface area contributed by atoms with E-state index < -0.39 is 11.6 Å². The summed E-state index contributed by atoms with van der Waals surface area (Å²) in [6.45, 7) is 1.26. The SMILES string of the molecule is Cl.NCC1CCCCN1C(=O)C1CC1c1ccc(F)c(F)c1. The van der Waals surface area contributed by atoms with Crippen molar-refractivity contribution in [2.45, 2.75) is 37.6 Å². The zero-order valence-corrected chi connectivity index (χ0v) is 13.1. The van der Waals surface area contributed by atoms with Crippen molar-refractivity contribution in [2.75, 3.05) is 13.1 Å². The van der Waals surface area contributed by atoms with Crippen molar-refractivity contribution in [1.29, 1.82) is 0 Å². The third-order valence-electron chi connectivity index (χ3n) is 4.66. The molecule has 6 heteroatoms. The number of hydrogen-bond donors (Lipinski definition) is 1. The van der Waals surface area contributed by atoms with Crippen molar-refractivity contribution in [1.82, 2.24) is 4.90 Å². The van der Waals surface area contributed by atoms with Gasteiger partial charge in [0.25, 0.3) is 0 Å². The summed E-state index contributed by atoms with van der Waals surface area (Å²) in [5, 5.41) is 0. The molecule has 1 aromatic rings. The molecule has 3 unspecified atom stereocenters. The highest BCUT2D eigenvalue weighted by Crippen LogP contribution is 2.49. The second kappa shape index (κ2) is 6.92. The highest BCUT2D eigenvalue weighted by Gasteiger charge is 2.47. The quantitative estimate of drug-likeness (QED) is 0.926. The molecule has 3 atom stereocenters. The monoisotopic (exact) mass is 330 g/mol. The lowest BCUT2D eigenvalue weighted by Gasteiger charge is -2.35. The Morgan fingerprint density at radius 1 is 1.27 bits per heavy atom. The fraction of sp³-hybridized carbons (Fsp3) is 0.562. The van der Waals surface area contributed by atoms with Gasteiger partial charge in [0.05, 0.1) is 0 Å². The van der Waals surface area contributed by atoms with E-state index in [9.17, 15) is 13.6 Å². The average Bonchev–Trinajstić information content (AvgIpc) is 3.30. The predicted octanol–water partition coefficient (Wildman–Crippen LogP) is 2.83. The normalized spacial score (nSPS) is 27.2. The van der Waals surface area contributed by atoms with Crippen LogP contribution in [0.1, 0.15) is 37.2 Å². The van der Waals surface area contributed by atoms with Crippen molar-refractivity contribution in [3.8, 4) is 0 Å². The highest BCUT2D eigenvalue weighted by molar-refractivity contribution is 5.85. The first-order valence-corrected chi connectivity index (χ1v) is 7.57. The average molecular weight is 331 g/mol. The predicted molar refractivity (Wildman–Crippen MR) is 82.9 cm³/mol. The summed E-state index contributed by atoms with van der Waals surface area (Å²) in [6.07, 6.45) is 3.82. The van der Waals surface area contributed by atoms with E-state index in [1.54, 1.807) is 6.07 Å². The lowest BCUT2D eigenvalue weighted by Crippen LogP contribution is -2.48. The minimum absolute atomic E-state index is 0. The topological polar surface area (TPSA) is 46.3 Å². The van der Waals surface area contributed by atoms with Crippen LogP contribution in [0, 0.1) is 17.6 Å². The maximum atomic E-state index is 13.3. The molecule has 2 N–H and O–H groups in total. The number of nitrogens with two attached hydrogens (primary N) is 1. The van der Waals surface area contributed by atoms with Crippen molar-refractivity contribution in [2.24, 2.45) is 11.7 Å². The molecule has 3 nitrogen and oxygen atoms in total. The van der Waals surface area contributed by atoms with Crippen LogP contribution in [0.4, 0.5) is 8.78 Å². The molecule has 22 heavy (non-hydrogen) atoms. The van der Waals surface area contributed by atoms with Gasteiger partial charge in [0.1, 0.15) is 0 Å². The molecule has 1 aromatic carbocycles. The largest absolute Gasteiger partial charge is 0.338 e. The van der Waals surface area contributed by atoms with Crippen LogP contribution in [-0.2, 0) is 4.79 Å². The lowest BCUT2D eigenvalue weighted by atomic mass is 10.0. The number of piperidine rings is 1. The van der Waals surface area contributed by atoms with Crippen LogP contribution in [0.5, 0.6) is 0 Å². The Balaban J connectivity index is 0.00000176. The van der Waals surface area contributed by atoms with Gasteiger partial charge in [-0.05, 0) is 49.3 Å². The molecule has 122 valence electrons. The first-order chi connectivity index (χ1) is 10.1. The summed E-state index contributed by atoms with van der Waals surface area (Å²) >= 11 is 0. The van der Waals surface area contributed by atoms with Gasteiger partial charge in [-0.25, -0.2) is 8.78 Å². The Morgan fingerprint density at radius 3 is 2.73 bits per heavy atom. The molecular weight excluding hydrogens is 310 g/mol. The van der Waals surface area contributed by atoms with E-state index >= 15 is 0 Å². The zero-order valence-electron chi connectivity index (χ0n) is 12.3. The van der Waals surface area contributed by atoms with Gasteiger partial charge in [-0.1, -0.05) is 6.07 Å². The standard InChI is InChI=1S/C16H20F2N2O.ClH/c17-14-5-4-10(7-15(14)18)12-8-13(12)16(21)20-6-2-1-3-11(20)9-19;/h4-5,7,11-13H,1-3,6,8-9,19H2;1H. The van der Waals surface area contributed by atoms with Crippen molar-refractivity contribution in [3.05, 3.63) is 35.4 Å². The highest BCUT2D eigenvalue weighted by atomic mass is 35.5. The van der Waals surface area contributed by atoms with Gasteiger partial charge in [0.15, 0.2) is 11.6 Å². The van der Waals surface area contributed by atoms with Gasteiger partial charge in [0, 0.05) is 25.0 Å². The molecule has 1 heterocycles. The van der Waals surface area contributed by atoms with E-state index in [1.165, 1.54) is 6.07 Å². The minimum Gasteiger partial charge on any atom is -0.338 e. The first kappa shape index (κ1) is 17.2. The summed E-state index contributed by atoms with van der Waals surface area (Å²) in [6, 6.07) is 4.06. The summed E-state index contributed by atoms with van der Waals surface area (Å²) in [5.74, 6) is -1.64. The Hall–Kier alpha value is -1.20. The van der Waals surface area contributed by atoms with Crippen molar-refractivity contribution in [3.63, 3.8) is 0 Å². The Labute approximate surface area is 135 Å². The van der Waals surface area contributed by atoms with Crippen LogP contribution in [0.15, 0.2) is 18.2 Å². The molecule has 2 aliphatic rings. The third kappa shape index (κ3) is 3.25. The number of nitrogens with zero attached hydrogens (tertiary/aromatic N) is 1. The van der Waals surface area contributed by atoms with Crippen molar-refractivity contribution >= 4 is 18.3 Å². The van der Waals surface area contributed by atoms with Crippen LogP contribution >= 0.6 is 12.4 Å². The number of rotatable bonds is 3. The van der Waals surface area contributed by atoms with Crippen LogP contribution in [0.2, 0.25) is 0 Å². The van der Waals surface area contributed by atoms with E-state index in [-0.39, 0.29) is 36.2 Å². The second-order valence-corrected chi connectivity index (χ2v) is 6.04. The third-order valence-corrected chi connectivity index (χ3v) is 4.66. The fourth-order valence-corrected chi connectivity index (χ4v) is 3.33. The Morgan fingerprint density at radius 2 is 2.05 bits per heavy atom. The van der Waals surface area contributed by atoms with E-state index in [0.29, 0.717) is 12.1 Å². The van der Waals surface area contributed by atoms with Crippen LogP contribution in [-0.4, -0.2) is 29.9 Å². The molecule has 2 fully saturated rings. The Kier molecular flexibility index (Phi) is 5.40. The summed E-state index contributed by atoms with van der Waals surface area (Å²) < 4.78 is 26.2. The Bertz CT molecular complexity index is 555. The summed E-state index contributed by atoms with van der Waals surface area (Å²) in [4.78, 5) is 14.5. The molecule has 0 aromatic heterocycles. The molecule has 0 spiro atoms. The van der Waals surface area contributed by atoms with E-state index in [1.807, 2.05) is 4.90 Å². The van der Waals surface area contributed by atoms with Gasteiger partial charge in [-0.15, -0.1) is 12.4 Å². The van der Waals surface area contributed by atoms with Crippen LogP contribution in [0.25, 0.3) is 0 Å². The number of carbonyl (C=O) groups excluding carboxylic acids is 1. The number of benzene rings is 1. The molecule has 0 radical (unpaired) electrons. The maximum absolute atomic E-state index is 13.3. The smallest absolute Gasteiger partial charge is 0.226 e. The van der Waals surface area contributed by atoms with E-state index in [0.717, 1.165) is 38.3 Å². The van der Waals surface area contributed by atoms with Gasteiger partial charge in [0.2, 0.25) is 5.91 Å². The first-order valence-electron chi connectivity index (χ1n) is 7.57. The van der Waals surface area contributed by atoms with Gasteiger partial charge in [-0.2, -0.15) is 0 Å². The molecular formula is C16H21ClF2N2O. The number of carbonyl (C=O) groups is 1. The second-order valence-electron chi connectivity index (χ2n) is 6.04. The lowest BCUT2D eigenvalue weighted by molar-refractivity contribution is -0.136. The van der Waals surface area contributed by atoms with Crippen LogP contribution < -0.4 is 5.73 Å². The maximum Gasteiger partial charge on any atom is 0.226 e. The number of halogens is 3. The summed E-state index contributed by atoms with van der Waals surface area (Å²) in [5.41, 5.74) is 6.47. The number of amides is 1. The molecule has 1 amide bonds. The fourth-order valence-electron chi connectivity index (χ4n) is 3.33. The van der Waals surface area contributed by atoms with Crippen molar-refractivity contribution < 1.29 is 13.6 Å². The van der Waals surface area contributed by atoms with Gasteiger partial charge in [-0.3, -0.25) is 4.79 Å². The zero-order chi connectivity index (χ0) is 15.0. The molecule has 0 bridgehead atoms. The molecule has 1 aliphatic carbocycles. The van der Waals surface area contributed by atoms with E-state index in [2.05, 4.69) is 0 Å². The molecule has 1 saturated carbocycles. The summed E-state index contributed by atoms with van der Waals surface area (Å²) in [7, 11) is 0. The van der Waals surface area contributed by atoms with E-state index in [4.69, 9.17) is 5.73 Å². The number of hydrogen-bond acceptors (Lipinski definition) is 2. The minimum atomic E-state index is -0.846. The molecule has 3 rings (SSSR count). The van der Waals surface area contributed by atoms with Gasteiger partial charge >= 0.3 is 0 Å². The number of likely N-dealkylation sites (tertiary alicyclic amines) is 1. The molecule has 1 aliphatic heterocycles.